The first-order valence-corrected chi connectivity index (χ1v) is 3.74. The lowest BCUT2D eigenvalue weighted by atomic mass is 10.3. The summed E-state index contributed by atoms with van der Waals surface area (Å²) in [6, 6.07) is 9.44. The molecule has 1 amide bonds. The molecule has 12 heavy (non-hydrogen) atoms. The summed E-state index contributed by atoms with van der Waals surface area (Å²) < 4.78 is 0. The van der Waals surface area contributed by atoms with Gasteiger partial charge in [-0.05, 0) is 12.1 Å². The van der Waals surface area contributed by atoms with Crippen molar-refractivity contribution in [2.75, 3.05) is 11.6 Å². The number of anilines is 1. The summed E-state index contributed by atoms with van der Waals surface area (Å²) in [5.74, 6) is 0.0289. The average molecular weight is 163 g/mol. The lowest BCUT2D eigenvalue weighted by Crippen LogP contribution is -2.37. The minimum Gasteiger partial charge on any atom is -0.271 e. The standard InChI is InChI=1S/C8H9N3O/c12-8-6-9-10-11(8)7-4-2-1-3-5-7/h1-5,9-10H,6H2. The molecule has 2 N–H and O–H groups in total. The van der Waals surface area contributed by atoms with Gasteiger partial charge in [0.1, 0.15) is 0 Å². The van der Waals surface area contributed by atoms with E-state index in [2.05, 4.69) is 11.0 Å². The Morgan fingerprint density at radius 2 is 2.00 bits per heavy atom. The molecule has 0 aliphatic carbocycles. The lowest BCUT2D eigenvalue weighted by Gasteiger charge is -2.13. The van der Waals surface area contributed by atoms with E-state index in [1.165, 1.54) is 5.01 Å². The number of hydrogen-bond acceptors (Lipinski definition) is 3. The highest BCUT2D eigenvalue weighted by molar-refractivity contribution is 5.95. The summed E-state index contributed by atoms with van der Waals surface area (Å²) in [4.78, 5) is 11.2. The topological polar surface area (TPSA) is 44.4 Å². The number of rotatable bonds is 1. The summed E-state index contributed by atoms with van der Waals surface area (Å²) >= 11 is 0. The van der Waals surface area contributed by atoms with E-state index in [1.54, 1.807) is 0 Å². The van der Waals surface area contributed by atoms with Gasteiger partial charge in [-0.2, -0.15) is 5.53 Å². The van der Waals surface area contributed by atoms with Crippen LogP contribution in [0, 0.1) is 0 Å². The van der Waals surface area contributed by atoms with Crippen molar-refractivity contribution in [2.45, 2.75) is 0 Å². The van der Waals surface area contributed by atoms with Crippen LogP contribution in [0.5, 0.6) is 0 Å². The van der Waals surface area contributed by atoms with Crippen molar-refractivity contribution >= 4 is 11.6 Å². The second-order valence-corrected chi connectivity index (χ2v) is 2.53. The van der Waals surface area contributed by atoms with E-state index in [9.17, 15) is 4.79 Å². The molecule has 1 aromatic rings. The molecule has 4 nitrogen and oxygen atoms in total. The molecular weight excluding hydrogens is 154 g/mol. The van der Waals surface area contributed by atoms with E-state index in [4.69, 9.17) is 0 Å². The highest BCUT2D eigenvalue weighted by atomic mass is 16.2. The molecule has 1 fully saturated rings. The predicted molar refractivity (Wildman–Crippen MR) is 45.1 cm³/mol. The van der Waals surface area contributed by atoms with Crippen LogP contribution < -0.4 is 16.0 Å². The van der Waals surface area contributed by atoms with Crippen molar-refractivity contribution in [1.29, 1.82) is 0 Å². The van der Waals surface area contributed by atoms with Crippen LogP contribution in [0.3, 0.4) is 0 Å². The van der Waals surface area contributed by atoms with Crippen LogP contribution in [0.1, 0.15) is 0 Å². The van der Waals surface area contributed by atoms with Gasteiger partial charge in [0, 0.05) is 0 Å². The normalized spacial score (nSPS) is 17.0. The van der Waals surface area contributed by atoms with Crippen LogP contribution in [-0.4, -0.2) is 12.5 Å². The number of nitrogens with one attached hydrogen (secondary N) is 2. The van der Waals surface area contributed by atoms with Crippen LogP contribution in [0.25, 0.3) is 0 Å². The molecular formula is C8H9N3O. The Balaban J connectivity index is 2.25. The Kier molecular flexibility index (Phi) is 1.77. The Bertz CT molecular complexity index is 286. The molecule has 1 aromatic carbocycles. The van der Waals surface area contributed by atoms with Crippen molar-refractivity contribution in [2.24, 2.45) is 0 Å². The van der Waals surface area contributed by atoms with Gasteiger partial charge in [0.25, 0.3) is 5.91 Å². The summed E-state index contributed by atoms with van der Waals surface area (Å²) in [6.07, 6.45) is 0. The highest BCUT2D eigenvalue weighted by Gasteiger charge is 2.20. The van der Waals surface area contributed by atoms with Crippen molar-refractivity contribution in [1.82, 2.24) is 11.0 Å². The van der Waals surface area contributed by atoms with Gasteiger partial charge in [-0.3, -0.25) is 4.79 Å². The van der Waals surface area contributed by atoms with Crippen LogP contribution >= 0.6 is 0 Å². The van der Waals surface area contributed by atoms with Crippen LogP contribution in [0.15, 0.2) is 30.3 Å². The molecule has 0 bridgehead atoms. The fourth-order valence-corrected chi connectivity index (χ4v) is 1.12. The van der Waals surface area contributed by atoms with Gasteiger partial charge in [0.2, 0.25) is 0 Å². The summed E-state index contributed by atoms with van der Waals surface area (Å²) in [5.41, 5.74) is 6.36. The van der Waals surface area contributed by atoms with Gasteiger partial charge in [0.15, 0.2) is 0 Å². The fraction of sp³-hybridized carbons (Fsp3) is 0.125. The van der Waals surface area contributed by atoms with Crippen molar-refractivity contribution in [3.05, 3.63) is 30.3 Å². The van der Waals surface area contributed by atoms with Crippen LogP contribution in [0.4, 0.5) is 5.69 Å². The highest BCUT2D eigenvalue weighted by Crippen LogP contribution is 2.11. The molecule has 4 heteroatoms. The molecule has 1 saturated heterocycles. The number of carbonyl (C=O) groups excluding carboxylic acids is 1. The first-order valence-electron chi connectivity index (χ1n) is 3.74. The monoisotopic (exact) mass is 163 g/mol. The minimum atomic E-state index is 0.0289. The second-order valence-electron chi connectivity index (χ2n) is 2.53. The maximum absolute atomic E-state index is 11.2. The summed E-state index contributed by atoms with van der Waals surface area (Å²) in [6.45, 7) is 0.342. The van der Waals surface area contributed by atoms with E-state index < -0.39 is 0 Å². The molecule has 1 heterocycles. The Hall–Kier alpha value is -1.39. The quantitative estimate of drug-likeness (QED) is 0.614. The molecule has 2 rings (SSSR count). The molecule has 0 atom stereocenters. The van der Waals surface area contributed by atoms with Crippen LogP contribution in [-0.2, 0) is 4.79 Å². The number of hydrogen-bond donors (Lipinski definition) is 2. The summed E-state index contributed by atoms with van der Waals surface area (Å²) in [5, 5.41) is 1.49. The molecule has 0 radical (unpaired) electrons. The maximum atomic E-state index is 11.2. The SMILES string of the molecule is O=C1CNNN1c1ccccc1. The molecule has 1 aliphatic rings. The zero-order valence-electron chi connectivity index (χ0n) is 6.45. The van der Waals surface area contributed by atoms with Crippen LogP contribution in [0.2, 0.25) is 0 Å². The van der Waals surface area contributed by atoms with E-state index in [1.807, 2.05) is 30.3 Å². The number of benzene rings is 1. The summed E-state index contributed by atoms with van der Waals surface area (Å²) in [7, 11) is 0. The molecule has 0 unspecified atom stereocenters. The smallest absolute Gasteiger partial charge is 0.257 e. The first kappa shape index (κ1) is 7.27. The molecule has 0 aromatic heterocycles. The fourth-order valence-electron chi connectivity index (χ4n) is 1.12. The zero-order chi connectivity index (χ0) is 8.39. The number of hydrazine groups is 2. The van der Waals surface area contributed by atoms with Gasteiger partial charge in [-0.25, -0.2) is 10.4 Å². The number of nitrogens with zero attached hydrogens (tertiary/aromatic N) is 1. The number of para-hydroxylation sites is 1. The van der Waals surface area contributed by atoms with Gasteiger partial charge >= 0.3 is 0 Å². The third-order valence-electron chi connectivity index (χ3n) is 1.69. The third-order valence-corrected chi connectivity index (χ3v) is 1.69. The number of carbonyl (C=O) groups is 1. The van der Waals surface area contributed by atoms with Gasteiger partial charge < -0.3 is 0 Å². The van der Waals surface area contributed by atoms with Gasteiger partial charge in [0.05, 0.1) is 12.2 Å². The molecule has 0 spiro atoms. The molecule has 62 valence electrons. The molecule has 0 saturated carbocycles. The van der Waals surface area contributed by atoms with Gasteiger partial charge in [-0.15, -0.1) is 0 Å². The van der Waals surface area contributed by atoms with E-state index in [-0.39, 0.29) is 5.91 Å². The first-order chi connectivity index (χ1) is 5.88. The lowest BCUT2D eigenvalue weighted by molar-refractivity contribution is -0.116. The Morgan fingerprint density at radius 1 is 1.25 bits per heavy atom. The second kappa shape index (κ2) is 2.92. The van der Waals surface area contributed by atoms with Gasteiger partial charge in [-0.1, -0.05) is 18.2 Å². The van der Waals surface area contributed by atoms with E-state index >= 15 is 0 Å². The number of amides is 1. The van der Waals surface area contributed by atoms with Crippen molar-refractivity contribution in [3.8, 4) is 0 Å². The van der Waals surface area contributed by atoms with Crippen molar-refractivity contribution < 1.29 is 4.79 Å². The third kappa shape index (κ3) is 1.17. The molecule has 1 aliphatic heterocycles. The van der Waals surface area contributed by atoms with E-state index in [0.29, 0.717) is 6.54 Å². The Labute approximate surface area is 70.1 Å². The largest absolute Gasteiger partial charge is 0.271 e. The maximum Gasteiger partial charge on any atom is 0.257 e. The zero-order valence-corrected chi connectivity index (χ0v) is 6.45. The Morgan fingerprint density at radius 3 is 2.58 bits per heavy atom. The minimum absolute atomic E-state index is 0.0289. The van der Waals surface area contributed by atoms with Crippen molar-refractivity contribution in [3.63, 3.8) is 0 Å². The average Bonchev–Trinajstić information content (AvgIpc) is 2.53. The predicted octanol–water partition coefficient (Wildman–Crippen LogP) is 0.0424. The van der Waals surface area contributed by atoms with E-state index in [0.717, 1.165) is 5.69 Å².